The zero-order valence-corrected chi connectivity index (χ0v) is 9.12. The predicted octanol–water partition coefficient (Wildman–Crippen LogP) is 2.71. The molecule has 0 aliphatic carbocycles. The number of hydrogen-bond donors (Lipinski definition) is 1. The van der Waals surface area contributed by atoms with E-state index in [-0.39, 0.29) is 6.15 Å². The van der Waals surface area contributed by atoms with Gasteiger partial charge in [-0.25, -0.2) is 0 Å². The maximum atomic E-state index is 3.77. The Kier molecular flexibility index (Phi) is 9.30. The molecule has 0 saturated carbocycles. The van der Waals surface area contributed by atoms with Crippen LogP contribution >= 0.6 is 0 Å². The van der Waals surface area contributed by atoms with E-state index in [1.165, 1.54) is 0 Å². The molecular weight excluding hydrogens is 172 g/mol. The van der Waals surface area contributed by atoms with E-state index >= 15 is 0 Å². The average molecular weight is 195 g/mol. The molecule has 0 radical (unpaired) electrons. The van der Waals surface area contributed by atoms with Crippen LogP contribution < -0.4 is 6.15 Å². The zero-order valence-electron chi connectivity index (χ0n) is 9.12. The first-order chi connectivity index (χ1) is 6.24. The molecule has 0 heterocycles. The Morgan fingerprint density at radius 3 is 1.00 bits per heavy atom. The van der Waals surface area contributed by atoms with Crippen LogP contribution in [0.3, 0.4) is 0 Å². The van der Waals surface area contributed by atoms with Crippen LogP contribution in [0, 0.1) is 0 Å². The Morgan fingerprint density at radius 2 is 0.857 bits per heavy atom. The second-order valence-electron chi connectivity index (χ2n) is 3.23. The molecule has 0 bridgehead atoms. The zero-order chi connectivity index (χ0) is 10.2. The molecule has 0 aromatic heterocycles. The maximum absolute atomic E-state index is 3.77. The van der Waals surface area contributed by atoms with Crippen molar-refractivity contribution in [1.82, 2.24) is 6.15 Å². The Hall–Kier alpha value is -1.12. The molecule has 0 aliphatic heterocycles. The van der Waals surface area contributed by atoms with Gasteiger partial charge in [-0.2, -0.15) is 0 Å². The summed E-state index contributed by atoms with van der Waals surface area (Å²) < 4.78 is 0.903. The van der Waals surface area contributed by atoms with Gasteiger partial charge in [-0.15, -0.1) is 0 Å². The van der Waals surface area contributed by atoms with Gasteiger partial charge in [-0.3, -0.25) is 0 Å². The summed E-state index contributed by atoms with van der Waals surface area (Å²) >= 11 is 0. The summed E-state index contributed by atoms with van der Waals surface area (Å²) in [5.41, 5.74) is 0. The van der Waals surface area contributed by atoms with Gasteiger partial charge in [-0.1, -0.05) is 26.3 Å². The monoisotopic (exact) mass is 195 g/mol. The van der Waals surface area contributed by atoms with Crippen molar-refractivity contribution in [3.05, 3.63) is 50.6 Å². The van der Waals surface area contributed by atoms with Crippen molar-refractivity contribution in [3.8, 4) is 0 Å². The first kappa shape index (κ1) is 15.4. The molecule has 3 N–H and O–H groups in total. The molecule has 2 heteroatoms. The van der Waals surface area contributed by atoms with Crippen LogP contribution in [0.25, 0.3) is 0 Å². The Balaban J connectivity index is 0. The quantitative estimate of drug-likeness (QED) is 0.469. The van der Waals surface area contributed by atoms with E-state index in [0.717, 1.165) is 30.7 Å². The lowest BCUT2D eigenvalue weighted by Gasteiger charge is -2.35. The van der Waals surface area contributed by atoms with Gasteiger partial charge in [0.15, 0.2) is 0 Å². The first-order valence-electron chi connectivity index (χ1n) is 4.53. The van der Waals surface area contributed by atoms with Gasteiger partial charge in [0.1, 0.15) is 0 Å². The Morgan fingerprint density at radius 1 is 0.643 bits per heavy atom. The minimum atomic E-state index is 0. The molecular formula is C12H23N2+. The van der Waals surface area contributed by atoms with Crippen molar-refractivity contribution in [2.24, 2.45) is 0 Å². The molecule has 0 aliphatic rings. The summed E-state index contributed by atoms with van der Waals surface area (Å²) in [6, 6.07) is 0. The van der Waals surface area contributed by atoms with Crippen LogP contribution in [-0.2, 0) is 0 Å². The second-order valence-corrected chi connectivity index (χ2v) is 3.23. The third-order valence-electron chi connectivity index (χ3n) is 2.07. The molecule has 0 saturated heterocycles. The van der Waals surface area contributed by atoms with Crippen molar-refractivity contribution in [2.75, 3.05) is 26.2 Å². The summed E-state index contributed by atoms with van der Waals surface area (Å²) in [7, 11) is 0. The van der Waals surface area contributed by atoms with Crippen molar-refractivity contribution in [1.29, 1.82) is 0 Å². The van der Waals surface area contributed by atoms with Crippen molar-refractivity contribution in [3.63, 3.8) is 0 Å². The van der Waals surface area contributed by atoms with E-state index in [1.807, 2.05) is 24.3 Å². The van der Waals surface area contributed by atoms with Crippen LogP contribution in [-0.4, -0.2) is 30.7 Å². The highest BCUT2D eigenvalue weighted by atomic mass is 15.3. The van der Waals surface area contributed by atoms with Crippen LogP contribution in [0.1, 0.15) is 0 Å². The summed E-state index contributed by atoms with van der Waals surface area (Å²) in [5, 5.41) is 0. The second kappa shape index (κ2) is 8.48. The van der Waals surface area contributed by atoms with Gasteiger partial charge in [0, 0.05) is 0 Å². The SMILES string of the molecule is C=CC[N+](CC=C)(CC=C)CC=C.N. The van der Waals surface area contributed by atoms with Gasteiger partial charge in [0.25, 0.3) is 0 Å². The molecule has 0 rings (SSSR count). The van der Waals surface area contributed by atoms with E-state index in [4.69, 9.17) is 0 Å². The number of nitrogens with zero attached hydrogens (tertiary/aromatic N) is 1. The van der Waals surface area contributed by atoms with Gasteiger partial charge >= 0.3 is 0 Å². The summed E-state index contributed by atoms with van der Waals surface area (Å²) in [4.78, 5) is 0. The third-order valence-corrected chi connectivity index (χ3v) is 2.07. The Labute approximate surface area is 88.1 Å². The highest BCUT2D eigenvalue weighted by molar-refractivity contribution is 4.79. The van der Waals surface area contributed by atoms with Crippen molar-refractivity contribution >= 4 is 0 Å². The highest BCUT2D eigenvalue weighted by Crippen LogP contribution is 2.07. The van der Waals surface area contributed by atoms with Crippen LogP contribution in [0.2, 0.25) is 0 Å². The molecule has 0 aromatic rings. The molecule has 80 valence electrons. The molecule has 2 nitrogen and oxygen atoms in total. The number of hydrogen-bond acceptors (Lipinski definition) is 1. The molecule has 0 unspecified atom stereocenters. The fourth-order valence-corrected chi connectivity index (χ4v) is 1.54. The molecule has 0 spiro atoms. The maximum Gasteiger partial charge on any atom is 0.0978 e. The third kappa shape index (κ3) is 4.80. The Bertz CT molecular complexity index is 149. The van der Waals surface area contributed by atoms with Gasteiger partial charge in [-0.05, 0) is 24.3 Å². The van der Waals surface area contributed by atoms with E-state index in [9.17, 15) is 0 Å². The summed E-state index contributed by atoms with van der Waals surface area (Å²) in [5.74, 6) is 0. The smallest absolute Gasteiger partial charge is 0.0978 e. The van der Waals surface area contributed by atoms with E-state index in [1.54, 1.807) is 0 Å². The summed E-state index contributed by atoms with van der Waals surface area (Å²) in [6.07, 6.45) is 7.76. The van der Waals surface area contributed by atoms with E-state index in [2.05, 4.69) is 26.3 Å². The average Bonchev–Trinajstić information content (AvgIpc) is 2.06. The molecule has 0 aromatic carbocycles. The summed E-state index contributed by atoms with van der Waals surface area (Å²) in [6.45, 7) is 18.8. The highest BCUT2D eigenvalue weighted by Gasteiger charge is 2.20. The largest absolute Gasteiger partial charge is 0.344 e. The van der Waals surface area contributed by atoms with E-state index < -0.39 is 0 Å². The first-order valence-corrected chi connectivity index (χ1v) is 4.53. The van der Waals surface area contributed by atoms with Crippen LogP contribution in [0.5, 0.6) is 0 Å². The van der Waals surface area contributed by atoms with Crippen LogP contribution in [0.15, 0.2) is 50.6 Å². The lowest BCUT2D eigenvalue weighted by atomic mass is 10.3. The topological polar surface area (TPSA) is 35.0 Å². The molecule has 0 atom stereocenters. The van der Waals surface area contributed by atoms with Crippen LogP contribution in [0.4, 0.5) is 0 Å². The predicted molar refractivity (Wildman–Crippen MR) is 65.5 cm³/mol. The minimum Gasteiger partial charge on any atom is -0.344 e. The molecule has 14 heavy (non-hydrogen) atoms. The molecule has 0 fully saturated rings. The van der Waals surface area contributed by atoms with Crippen molar-refractivity contribution < 1.29 is 4.48 Å². The molecule has 0 amide bonds. The lowest BCUT2D eigenvalue weighted by Crippen LogP contribution is -2.48. The van der Waals surface area contributed by atoms with Crippen molar-refractivity contribution in [2.45, 2.75) is 0 Å². The number of rotatable bonds is 8. The van der Waals surface area contributed by atoms with E-state index in [0.29, 0.717) is 0 Å². The van der Waals surface area contributed by atoms with Gasteiger partial charge < -0.3 is 10.6 Å². The standard InChI is InChI=1S/C12H20N.H3N/c1-5-9-13(10-6-2,11-7-3)12-8-4;/h5-8H,1-4,9-12H2;1H3/q+1;. The fourth-order valence-electron chi connectivity index (χ4n) is 1.54. The van der Waals surface area contributed by atoms with Gasteiger partial charge in [0.2, 0.25) is 0 Å². The normalized spacial score (nSPS) is 9.71. The lowest BCUT2D eigenvalue weighted by molar-refractivity contribution is -0.906. The fraction of sp³-hybridized carbons (Fsp3) is 0.333. The number of quaternary nitrogens is 1. The van der Waals surface area contributed by atoms with Gasteiger partial charge in [0.05, 0.1) is 26.2 Å². The minimum absolute atomic E-state index is 0.